The number of hydrogen-bond acceptors (Lipinski definition) is 0. The molecule has 0 aliphatic rings. The number of pyridine rings is 1. The lowest BCUT2D eigenvalue weighted by atomic mass is 9.12. The van der Waals surface area contributed by atoms with Gasteiger partial charge < -0.3 is 0 Å². The van der Waals surface area contributed by atoms with E-state index in [0.717, 1.165) is 17.1 Å². The maximum atomic E-state index is 15.4. The molecule has 0 N–H and O–H groups in total. The fraction of sp³-hybridized carbons (Fsp3) is 0.0250. The van der Waals surface area contributed by atoms with E-state index in [1.165, 1.54) is 10.9 Å². The lowest BCUT2D eigenvalue weighted by molar-refractivity contribution is -0.662. The normalized spacial score (nSPS) is 11.6. The molecule has 1 nitrogen and oxygen atoms in total. The summed E-state index contributed by atoms with van der Waals surface area (Å²) < 4.78 is 296. The van der Waals surface area contributed by atoms with Gasteiger partial charge in [-0.05, 0) is 18.2 Å². The van der Waals surface area contributed by atoms with Crippen molar-refractivity contribution < 1.29 is 92.4 Å². The van der Waals surface area contributed by atoms with E-state index < -0.39 is 144 Å². The molecule has 0 radical (unpaired) electrons. The van der Waals surface area contributed by atoms with Crippen molar-refractivity contribution in [2.45, 2.75) is 6.54 Å². The minimum absolute atomic E-state index is 0.795. The highest BCUT2D eigenvalue weighted by Crippen LogP contribution is 2.31. The van der Waals surface area contributed by atoms with E-state index in [2.05, 4.69) is 53.2 Å². The van der Waals surface area contributed by atoms with Gasteiger partial charge in [-0.25, -0.2) is 87.8 Å². The maximum Gasteiger partial charge on any atom is 0.231 e. The van der Waals surface area contributed by atoms with Crippen LogP contribution in [0.1, 0.15) is 5.56 Å². The van der Waals surface area contributed by atoms with Crippen LogP contribution in [-0.2, 0) is 6.54 Å². The average molecular weight is 934 g/mol. The lowest BCUT2D eigenvalue weighted by Gasteiger charge is -2.44. The lowest BCUT2D eigenvalue weighted by Crippen LogP contribution is -2.81. The molecular weight excluding hydrogens is 921 g/mol. The Bertz CT molecular complexity index is 2610. The van der Waals surface area contributed by atoms with E-state index in [1.54, 1.807) is 0 Å². The van der Waals surface area contributed by atoms with E-state index >= 15 is 35.1 Å². The van der Waals surface area contributed by atoms with Crippen LogP contribution < -0.4 is 26.4 Å². The Morgan fingerprint density at radius 2 is 0.619 bits per heavy atom. The topological polar surface area (TPSA) is 3.88 Å². The minimum Gasteiger partial charge on any atom is -0.207 e. The quantitative estimate of drug-likeness (QED) is 0.0515. The molecule has 0 bridgehead atoms. The van der Waals surface area contributed by atoms with Crippen LogP contribution in [-0.4, -0.2) is 6.15 Å². The molecule has 0 saturated carbocycles. The van der Waals surface area contributed by atoms with Crippen molar-refractivity contribution in [1.82, 2.24) is 0 Å². The number of fused-ring (bicyclic) bond motifs is 1. The molecule has 0 saturated heterocycles. The van der Waals surface area contributed by atoms with Gasteiger partial charge in [0.1, 0.15) is 57.7 Å². The first-order valence-corrected chi connectivity index (χ1v) is 17.3. The molecule has 1 aromatic heterocycles. The fourth-order valence-corrected chi connectivity index (χ4v) is 7.37. The second kappa shape index (κ2) is 17.1. The first kappa shape index (κ1) is 46.2. The summed E-state index contributed by atoms with van der Waals surface area (Å²) in [6.45, 7) is 0.835. The van der Waals surface area contributed by atoms with Gasteiger partial charge in [0, 0.05) is 17.0 Å². The summed E-state index contributed by atoms with van der Waals surface area (Å²) in [5, 5.41) is 1.96. The predicted molar refractivity (Wildman–Crippen MR) is 184 cm³/mol. The summed E-state index contributed by atoms with van der Waals surface area (Å²) >= 11 is 6.31. The van der Waals surface area contributed by atoms with Crippen molar-refractivity contribution in [2.75, 3.05) is 0 Å². The molecule has 63 heavy (non-hydrogen) atoms. The molecule has 0 aliphatic heterocycles. The SMILES string of the molecule is Clc1cccc2ccc[n+](Cc3ccccc3)c12.Fc1c(F)c(F)c([B-](c2c(F)c(F)c(F)c(F)c2F)(c2c(F)c(F)c(F)c(F)c2F)c2c(F)c(F)c(F)c(F)c2F)c(F)c1F. The maximum absolute atomic E-state index is 15.4. The first-order chi connectivity index (χ1) is 29.5. The van der Waals surface area contributed by atoms with Crippen LogP contribution in [0.3, 0.4) is 0 Å². The van der Waals surface area contributed by atoms with Gasteiger partial charge in [0.2, 0.25) is 5.52 Å². The number of aromatic nitrogens is 1. The van der Waals surface area contributed by atoms with Gasteiger partial charge in [0.25, 0.3) is 0 Å². The molecule has 23 heteroatoms. The Kier molecular flexibility index (Phi) is 12.5. The third-order valence-electron chi connectivity index (χ3n) is 9.75. The van der Waals surface area contributed by atoms with Crippen molar-refractivity contribution in [2.24, 2.45) is 0 Å². The number of para-hydroxylation sites is 1. The molecule has 7 aromatic rings. The standard InChI is InChI=1S/C24BF20.C16H13ClN/c26-5-1(6(27)14(35)21(42)13(5)34)25(2-7(28)15(36)22(43)16(37)8(2)29,3-9(30)17(38)23(44)18(39)10(3)31)4-11(32)19(40)24(45)20(41)12(4)33;17-15-10-4-8-14-9-5-11-18(16(14)15)12-13-6-2-1-3-7-13/h;1-11H,12H2/q-1;+1. The van der Waals surface area contributed by atoms with Gasteiger partial charge >= 0.3 is 0 Å². The average Bonchev–Trinajstić information content (AvgIpc) is 3.27. The summed E-state index contributed by atoms with van der Waals surface area (Å²) in [6.07, 6.45) is -5.15. The molecule has 0 aliphatic carbocycles. The molecule has 0 spiro atoms. The molecule has 6 aromatic carbocycles. The van der Waals surface area contributed by atoms with Gasteiger partial charge in [0.05, 0.1) is 0 Å². The van der Waals surface area contributed by atoms with Crippen LogP contribution in [0.4, 0.5) is 87.8 Å². The van der Waals surface area contributed by atoms with Crippen molar-refractivity contribution in [3.05, 3.63) is 194 Å². The van der Waals surface area contributed by atoms with Crippen LogP contribution in [0.15, 0.2) is 66.9 Å². The van der Waals surface area contributed by atoms with Crippen molar-refractivity contribution in [1.29, 1.82) is 0 Å². The van der Waals surface area contributed by atoms with Crippen LogP contribution >= 0.6 is 11.6 Å². The van der Waals surface area contributed by atoms with Gasteiger partial charge in [-0.1, -0.05) is 48.0 Å². The largest absolute Gasteiger partial charge is 0.231 e. The smallest absolute Gasteiger partial charge is 0.207 e. The Balaban J connectivity index is 0.000000302. The zero-order chi connectivity index (χ0) is 46.7. The Labute approximate surface area is 342 Å². The van der Waals surface area contributed by atoms with Crippen LogP contribution in [0.5, 0.6) is 0 Å². The Hall–Kier alpha value is -6.32. The molecule has 0 atom stereocenters. The van der Waals surface area contributed by atoms with E-state index in [9.17, 15) is 52.7 Å². The van der Waals surface area contributed by atoms with E-state index in [1.807, 2.05) is 18.2 Å². The summed E-state index contributed by atoms with van der Waals surface area (Å²) in [5.74, 6) is -71.4. The Morgan fingerprint density at radius 3 is 0.937 bits per heavy atom. The van der Waals surface area contributed by atoms with Crippen molar-refractivity contribution in [3.63, 3.8) is 0 Å². The molecular formula is C40H13BClF20N. The summed E-state index contributed by atoms with van der Waals surface area (Å²) in [7, 11) is 0. The van der Waals surface area contributed by atoms with Crippen LogP contribution in [0.25, 0.3) is 10.9 Å². The second-order valence-electron chi connectivity index (χ2n) is 13.1. The van der Waals surface area contributed by atoms with Gasteiger partial charge in [-0.3, -0.25) is 0 Å². The highest BCUT2D eigenvalue weighted by molar-refractivity contribution is 7.20. The number of benzene rings is 6. The van der Waals surface area contributed by atoms with Crippen molar-refractivity contribution >= 4 is 50.5 Å². The molecule has 0 fully saturated rings. The number of nitrogens with zero attached hydrogens (tertiary/aromatic N) is 1. The van der Waals surface area contributed by atoms with Crippen LogP contribution in [0.2, 0.25) is 5.02 Å². The molecule has 1 heterocycles. The van der Waals surface area contributed by atoms with E-state index in [4.69, 9.17) is 11.6 Å². The summed E-state index contributed by atoms with van der Waals surface area (Å²) in [4.78, 5) is 0. The highest BCUT2D eigenvalue weighted by Gasteiger charge is 2.52. The first-order valence-electron chi connectivity index (χ1n) is 16.9. The summed E-state index contributed by atoms with van der Waals surface area (Å²) in [6, 6.07) is 20.6. The predicted octanol–water partition coefficient (Wildman–Crippen LogP) is 9.67. The third-order valence-corrected chi connectivity index (χ3v) is 10.1. The number of halogens is 21. The monoisotopic (exact) mass is 933 g/mol. The molecule has 7 rings (SSSR count). The second-order valence-corrected chi connectivity index (χ2v) is 13.5. The summed E-state index contributed by atoms with van der Waals surface area (Å²) in [5.41, 5.74) is -12.0. The van der Waals surface area contributed by atoms with E-state index in [-0.39, 0.29) is 0 Å². The van der Waals surface area contributed by atoms with Gasteiger partial charge in [0.15, 0.2) is 82.5 Å². The fourth-order valence-electron chi connectivity index (χ4n) is 7.08. The zero-order valence-electron chi connectivity index (χ0n) is 30.0. The molecule has 0 amide bonds. The number of rotatable bonds is 6. The van der Waals surface area contributed by atoms with Gasteiger partial charge in [-0.2, -0.15) is 4.57 Å². The highest BCUT2D eigenvalue weighted by atomic mass is 35.5. The number of hydrogen-bond donors (Lipinski definition) is 0. The Morgan fingerprint density at radius 1 is 0.333 bits per heavy atom. The minimum atomic E-state index is -7.22. The zero-order valence-corrected chi connectivity index (χ0v) is 30.8. The third kappa shape index (κ3) is 7.16. The molecule has 0 unspecified atom stereocenters. The van der Waals surface area contributed by atoms with Gasteiger partial charge in [-0.15, -0.1) is 21.9 Å². The van der Waals surface area contributed by atoms with Crippen molar-refractivity contribution in [3.8, 4) is 0 Å². The molecule has 328 valence electrons. The van der Waals surface area contributed by atoms with E-state index in [0.29, 0.717) is 0 Å². The van der Waals surface area contributed by atoms with Crippen LogP contribution in [0, 0.1) is 116 Å².